The summed E-state index contributed by atoms with van der Waals surface area (Å²) in [6.45, 7) is 7.00. The van der Waals surface area contributed by atoms with E-state index >= 15 is 0 Å². The minimum Gasteiger partial charge on any atom is -0.380 e. The summed E-state index contributed by atoms with van der Waals surface area (Å²) in [5.41, 5.74) is 1.42. The summed E-state index contributed by atoms with van der Waals surface area (Å²) in [7, 11) is -2.08. The Hall–Kier alpha value is -0.960. The number of methoxy groups -OCH3 is 1. The number of aromatic nitrogens is 2. The third kappa shape index (κ3) is 4.27. The van der Waals surface area contributed by atoms with Crippen LogP contribution in [0.4, 0.5) is 0 Å². The van der Waals surface area contributed by atoms with E-state index in [-0.39, 0.29) is 17.7 Å². The maximum Gasteiger partial charge on any atom is 0.260 e. The number of nitrogens with one attached hydrogen (secondary N) is 3. The highest BCUT2D eigenvalue weighted by Gasteiger charge is 2.23. The quantitative estimate of drug-likeness (QED) is 0.633. The maximum atomic E-state index is 12.2. The topological polar surface area (TPSA) is 96.1 Å². The van der Waals surface area contributed by atoms with Gasteiger partial charge in [0.25, 0.3) is 10.0 Å². The lowest BCUT2D eigenvalue weighted by atomic mass is 10.2. The van der Waals surface area contributed by atoms with Crippen LogP contribution in [0, 0.1) is 6.92 Å². The van der Waals surface area contributed by atoms with E-state index < -0.39 is 10.0 Å². The monoisotopic (exact) mass is 290 g/mol. The summed E-state index contributed by atoms with van der Waals surface area (Å²) in [6.07, 6.45) is -0.188. The molecule has 0 radical (unpaired) electrons. The molecule has 0 fully saturated rings. The molecular weight excluding hydrogens is 268 g/mol. The minimum atomic E-state index is -3.62. The first kappa shape index (κ1) is 16.1. The van der Waals surface area contributed by atoms with Gasteiger partial charge in [-0.1, -0.05) is 6.92 Å². The molecule has 19 heavy (non-hydrogen) atoms. The van der Waals surface area contributed by atoms with E-state index in [4.69, 9.17) is 4.74 Å². The molecular formula is C11H22N4O3S. The summed E-state index contributed by atoms with van der Waals surface area (Å²) >= 11 is 0. The lowest BCUT2D eigenvalue weighted by Crippen LogP contribution is -2.32. The fraction of sp³-hybridized carbons (Fsp3) is 0.727. The third-order valence-corrected chi connectivity index (χ3v) is 4.20. The fourth-order valence-corrected chi connectivity index (χ4v) is 2.80. The fourth-order valence-electron chi connectivity index (χ4n) is 1.49. The van der Waals surface area contributed by atoms with Crippen LogP contribution in [0.1, 0.15) is 25.1 Å². The van der Waals surface area contributed by atoms with Crippen molar-refractivity contribution in [1.82, 2.24) is 20.2 Å². The number of hydrogen-bond acceptors (Lipinski definition) is 5. The second-order valence-corrected chi connectivity index (χ2v) is 5.99. The van der Waals surface area contributed by atoms with Crippen LogP contribution in [0.2, 0.25) is 0 Å². The molecule has 110 valence electrons. The Labute approximate surface area is 114 Å². The molecule has 8 heteroatoms. The average Bonchev–Trinajstić information content (AvgIpc) is 2.75. The van der Waals surface area contributed by atoms with Crippen LogP contribution in [-0.2, 0) is 21.3 Å². The number of nitrogens with zero attached hydrogens (tertiary/aromatic N) is 1. The van der Waals surface area contributed by atoms with E-state index in [1.165, 1.54) is 7.11 Å². The molecule has 1 atom stereocenters. The van der Waals surface area contributed by atoms with Crippen molar-refractivity contribution in [1.29, 1.82) is 0 Å². The zero-order chi connectivity index (χ0) is 14.5. The molecule has 0 aliphatic carbocycles. The highest BCUT2D eigenvalue weighted by molar-refractivity contribution is 7.89. The van der Waals surface area contributed by atoms with Crippen molar-refractivity contribution >= 4 is 10.0 Å². The van der Waals surface area contributed by atoms with Gasteiger partial charge < -0.3 is 10.1 Å². The Morgan fingerprint density at radius 3 is 2.74 bits per heavy atom. The molecule has 3 N–H and O–H groups in total. The Morgan fingerprint density at radius 2 is 2.16 bits per heavy atom. The predicted octanol–water partition coefficient (Wildman–Crippen LogP) is 0.141. The molecule has 0 aromatic carbocycles. The van der Waals surface area contributed by atoms with Crippen molar-refractivity contribution in [3.05, 3.63) is 11.3 Å². The Kier molecular flexibility index (Phi) is 5.92. The van der Waals surface area contributed by atoms with Crippen LogP contribution >= 0.6 is 0 Å². The molecule has 0 aliphatic rings. The van der Waals surface area contributed by atoms with Crippen LogP contribution in [0.5, 0.6) is 0 Å². The molecule has 1 unspecified atom stereocenters. The lowest BCUT2D eigenvalue weighted by molar-refractivity contribution is 0.122. The molecule has 0 bridgehead atoms. The number of ether oxygens (including phenoxy) is 1. The van der Waals surface area contributed by atoms with Crippen molar-refractivity contribution < 1.29 is 13.2 Å². The molecule has 7 nitrogen and oxygen atoms in total. The van der Waals surface area contributed by atoms with Crippen molar-refractivity contribution in [3.63, 3.8) is 0 Å². The smallest absolute Gasteiger partial charge is 0.260 e. The highest BCUT2D eigenvalue weighted by atomic mass is 32.2. The molecule has 0 spiro atoms. The Bertz CT molecular complexity index is 498. The van der Waals surface area contributed by atoms with Crippen LogP contribution in [0.15, 0.2) is 5.03 Å². The van der Waals surface area contributed by atoms with Crippen molar-refractivity contribution in [2.45, 2.75) is 38.4 Å². The number of sulfonamides is 1. The summed E-state index contributed by atoms with van der Waals surface area (Å²) in [6, 6.07) is 0. The van der Waals surface area contributed by atoms with E-state index in [1.807, 2.05) is 6.92 Å². The maximum absolute atomic E-state index is 12.2. The standard InChI is InChI=1S/C11H22N4O3S/c1-5-12-7-10-9(3)14-15-11(10)19(16,17)13-6-8(2)18-4/h8,12-13H,5-7H2,1-4H3,(H,14,15). The van der Waals surface area contributed by atoms with Crippen molar-refractivity contribution in [2.24, 2.45) is 0 Å². The van der Waals surface area contributed by atoms with E-state index in [9.17, 15) is 8.42 Å². The van der Waals surface area contributed by atoms with E-state index in [0.717, 1.165) is 12.2 Å². The Balaban J connectivity index is 2.88. The van der Waals surface area contributed by atoms with Gasteiger partial charge in [0.1, 0.15) is 0 Å². The summed E-state index contributed by atoms with van der Waals surface area (Å²) in [4.78, 5) is 0. The summed E-state index contributed by atoms with van der Waals surface area (Å²) < 4.78 is 31.9. The van der Waals surface area contributed by atoms with Gasteiger partial charge in [0.05, 0.1) is 6.10 Å². The molecule has 0 saturated heterocycles. The first-order valence-electron chi connectivity index (χ1n) is 6.19. The van der Waals surface area contributed by atoms with Gasteiger partial charge in [-0.3, -0.25) is 5.10 Å². The van der Waals surface area contributed by atoms with E-state index in [2.05, 4.69) is 20.2 Å². The number of aromatic amines is 1. The molecule has 1 rings (SSSR count). The Morgan fingerprint density at radius 1 is 1.47 bits per heavy atom. The van der Waals surface area contributed by atoms with Gasteiger partial charge in [-0.25, -0.2) is 13.1 Å². The normalized spacial score (nSPS) is 13.7. The number of H-pyrrole nitrogens is 1. The highest BCUT2D eigenvalue weighted by Crippen LogP contribution is 2.15. The van der Waals surface area contributed by atoms with Crippen LogP contribution in [0.25, 0.3) is 0 Å². The lowest BCUT2D eigenvalue weighted by Gasteiger charge is -2.11. The number of aryl methyl sites for hydroxylation is 1. The molecule has 1 aromatic heterocycles. The van der Waals surface area contributed by atoms with Crippen LogP contribution in [-0.4, -0.2) is 44.9 Å². The SMILES string of the molecule is CCNCc1c(S(=O)(=O)NCC(C)OC)n[nH]c1C. The third-order valence-electron chi connectivity index (χ3n) is 2.81. The zero-order valence-electron chi connectivity index (χ0n) is 11.8. The van der Waals surface area contributed by atoms with E-state index in [1.54, 1.807) is 13.8 Å². The van der Waals surface area contributed by atoms with Crippen molar-refractivity contribution in [2.75, 3.05) is 20.2 Å². The van der Waals surface area contributed by atoms with Gasteiger partial charge in [0.15, 0.2) is 5.03 Å². The van der Waals surface area contributed by atoms with Crippen LogP contribution < -0.4 is 10.0 Å². The first-order valence-corrected chi connectivity index (χ1v) is 7.67. The summed E-state index contributed by atoms with van der Waals surface area (Å²) in [5, 5.41) is 9.75. The van der Waals surface area contributed by atoms with Gasteiger partial charge in [-0.05, 0) is 20.4 Å². The largest absolute Gasteiger partial charge is 0.380 e. The van der Waals surface area contributed by atoms with Gasteiger partial charge in [0, 0.05) is 31.5 Å². The molecule has 0 aliphatic heterocycles. The molecule has 0 saturated carbocycles. The van der Waals surface area contributed by atoms with Gasteiger partial charge in [-0.15, -0.1) is 0 Å². The minimum absolute atomic E-state index is 0.0502. The van der Waals surface area contributed by atoms with Gasteiger partial charge in [0.2, 0.25) is 0 Å². The van der Waals surface area contributed by atoms with Gasteiger partial charge >= 0.3 is 0 Å². The number of hydrogen-bond donors (Lipinski definition) is 3. The molecule has 1 heterocycles. The molecule has 1 aromatic rings. The van der Waals surface area contributed by atoms with Crippen LogP contribution in [0.3, 0.4) is 0 Å². The second-order valence-electron chi connectivity index (χ2n) is 4.31. The van der Waals surface area contributed by atoms with E-state index in [0.29, 0.717) is 12.1 Å². The van der Waals surface area contributed by atoms with Gasteiger partial charge in [-0.2, -0.15) is 5.10 Å². The van der Waals surface area contributed by atoms with Crippen molar-refractivity contribution in [3.8, 4) is 0 Å². The first-order chi connectivity index (χ1) is 8.92. The predicted molar refractivity (Wildman–Crippen MR) is 72.4 cm³/mol. The number of rotatable bonds is 8. The zero-order valence-corrected chi connectivity index (χ0v) is 12.6. The average molecular weight is 290 g/mol. The summed E-state index contributed by atoms with van der Waals surface area (Å²) in [5.74, 6) is 0. The second kappa shape index (κ2) is 6.99. The molecule has 0 amide bonds.